The van der Waals surface area contributed by atoms with Crippen LogP contribution in [0.3, 0.4) is 0 Å². The molecule has 0 unspecified atom stereocenters. The molecular weight excluding hydrogens is 444 g/mol. The molecule has 5 nitrogen and oxygen atoms in total. The molecule has 0 aromatic heterocycles. The Bertz CT molecular complexity index is 1010. The van der Waals surface area contributed by atoms with Crippen molar-refractivity contribution < 1.29 is 14.2 Å². The molecule has 0 spiro atoms. The predicted octanol–water partition coefficient (Wildman–Crippen LogP) is 6.32. The normalized spacial score (nSPS) is 20.6. The van der Waals surface area contributed by atoms with Crippen LogP contribution in [-0.2, 0) is 15.9 Å². The summed E-state index contributed by atoms with van der Waals surface area (Å²) in [7, 11) is 4.98. The first kappa shape index (κ1) is 24.5. The number of rotatable bonds is 7. The van der Waals surface area contributed by atoms with E-state index in [4.69, 9.17) is 35.8 Å². The zero-order valence-electron chi connectivity index (χ0n) is 19.5. The molecule has 0 N–H and O–H groups in total. The lowest BCUT2D eigenvalue weighted by Gasteiger charge is -2.33. The van der Waals surface area contributed by atoms with Crippen molar-refractivity contribution in [1.82, 2.24) is 0 Å². The van der Waals surface area contributed by atoms with E-state index in [1.165, 1.54) is 0 Å². The second-order valence-electron chi connectivity index (χ2n) is 8.26. The van der Waals surface area contributed by atoms with Crippen molar-refractivity contribution in [2.75, 3.05) is 21.3 Å². The van der Waals surface area contributed by atoms with Gasteiger partial charge in [0, 0.05) is 9.92 Å². The number of aliphatic imine (C=N–C) groups is 2. The van der Waals surface area contributed by atoms with Gasteiger partial charge < -0.3 is 14.2 Å². The van der Waals surface area contributed by atoms with E-state index in [-0.39, 0.29) is 12.0 Å². The summed E-state index contributed by atoms with van der Waals surface area (Å²) in [5, 5.41) is 0.733. The largest absolute Gasteiger partial charge is 0.496 e. The van der Waals surface area contributed by atoms with Crippen molar-refractivity contribution in [3.8, 4) is 5.75 Å². The number of hydrogen-bond acceptors (Lipinski definition) is 6. The van der Waals surface area contributed by atoms with Crippen LogP contribution in [0, 0.1) is 5.92 Å². The van der Waals surface area contributed by atoms with Gasteiger partial charge in [0.15, 0.2) is 0 Å². The van der Waals surface area contributed by atoms with Crippen LogP contribution in [0.25, 0.3) is 0 Å². The first-order valence-corrected chi connectivity index (χ1v) is 11.9. The molecule has 1 heterocycles. The minimum atomic E-state index is -0.598. The fraction of sp³-hybridized carbons (Fsp3) is 0.440. The minimum Gasteiger partial charge on any atom is -0.496 e. The first-order valence-electron chi connectivity index (χ1n) is 10.7. The molecule has 0 radical (unpaired) electrons. The van der Waals surface area contributed by atoms with Gasteiger partial charge in [-0.15, -0.1) is 0 Å². The molecule has 2 atom stereocenters. The highest BCUT2D eigenvalue weighted by Crippen LogP contribution is 2.37. The fourth-order valence-electron chi connectivity index (χ4n) is 3.72. The molecule has 1 aliphatic rings. The lowest BCUT2D eigenvalue weighted by atomic mass is 9.90. The Hall–Kier alpha value is -2.18. The number of hydrogen-bond donors (Lipinski definition) is 0. The summed E-state index contributed by atoms with van der Waals surface area (Å²) < 4.78 is 16.7. The summed E-state index contributed by atoms with van der Waals surface area (Å²) in [6.45, 7) is 6.23. The highest BCUT2D eigenvalue weighted by Gasteiger charge is 2.39. The van der Waals surface area contributed by atoms with Crippen LogP contribution in [0.1, 0.15) is 32.8 Å². The van der Waals surface area contributed by atoms with E-state index in [9.17, 15) is 0 Å². The van der Waals surface area contributed by atoms with E-state index in [0.29, 0.717) is 18.2 Å². The van der Waals surface area contributed by atoms with E-state index in [1.54, 1.807) is 33.1 Å². The van der Waals surface area contributed by atoms with Gasteiger partial charge in [-0.3, -0.25) is 0 Å². The molecule has 0 saturated carbocycles. The molecule has 0 aliphatic carbocycles. The lowest BCUT2D eigenvalue weighted by molar-refractivity contribution is 0.305. The monoisotopic (exact) mass is 474 g/mol. The molecule has 32 heavy (non-hydrogen) atoms. The highest BCUT2D eigenvalue weighted by atomic mass is 35.5. The van der Waals surface area contributed by atoms with E-state index in [1.807, 2.05) is 37.3 Å². The maximum atomic E-state index is 6.66. The number of methoxy groups -OCH3 is 3. The van der Waals surface area contributed by atoms with E-state index >= 15 is 0 Å². The molecule has 2 aromatic carbocycles. The molecule has 0 fully saturated rings. The summed E-state index contributed by atoms with van der Waals surface area (Å²) in [6.07, 6.45) is 1.44. The number of ether oxygens (including phenoxy) is 3. The number of aryl methyl sites for hydroxylation is 1. The van der Waals surface area contributed by atoms with Gasteiger partial charge in [-0.25, -0.2) is 9.98 Å². The second kappa shape index (κ2) is 10.6. The Labute approximate surface area is 200 Å². The van der Waals surface area contributed by atoms with Crippen molar-refractivity contribution >= 4 is 35.2 Å². The van der Waals surface area contributed by atoms with Crippen molar-refractivity contribution in [3.05, 3.63) is 53.1 Å². The topological polar surface area (TPSA) is 52.4 Å². The highest BCUT2D eigenvalue weighted by molar-refractivity contribution is 7.99. The molecule has 3 rings (SSSR count). The second-order valence-corrected chi connectivity index (χ2v) is 9.78. The van der Waals surface area contributed by atoms with Gasteiger partial charge >= 0.3 is 0 Å². The molecule has 1 aliphatic heterocycles. The molecule has 0 saturated heterocycles. The van der Waals surface area contributed by atoms with Crippen molar-refractivity contribution in [1.29, 1.82) is 0 Å². The van der Waals surface area contributed by atoms with Gasteiger partial charge in [0.05, 0.1) is 26.2 Å². The third-order valence-electron chi connectivity index (χ3n) is 5.56. The smallest absolute Gasteiger partial charge is 0.212 e. The molecular formula is C25H31ClN2O3S. The summed E-state index contributed by atoms with van der Waals surface area (Å²) >= 11 is 8.29. The van der Waals surface area contributed by atoms with Crippen LogP contribution in [0.5, 0.6) is 5.75 Å². The van der Waals surface area contributed by atoms with Crippen molar-refractivity contribution in [3.63, 3.8) is 0 Å². The van der Waals surface area contributed by atoms with Crippen molar-refractivity contribution in [2.45, 2.75) is 55.0 Å². The van der Waals surface area contributed by atoms with E-state index < -0.39 is 5.54 Å². The number of halogens is 1. The minimum absolute atomic E-state index is 0.127. The first-order chi connectivity index (χ1) is 15.3. The Morgan fingerprint density at radius 2 is 1.81 bits per heavy atom. The van der Waals surface area contributed by atoms with E-state index in [2.05, 4.69) is 26.0 Å². The fourth-order valence-corrected chi connectivity index (χ4v) is 5.02. The van der Waals surface area contributed by atoms with Crippen LogP contribution >= 0.6 is 23.4 Å². The number of para-hydroxylation sites is 1. The van der Waals surface area contributed by atoms with Crippen LogP contribution in [0.2, 0.25) is 5.02 Å². The summed E-state index contributed by atoms with van der Waals surface area (Å²) in [6, 6.07) is 14.0. The van der Waals surface area contributed by atoms with Crippen molar-refractivity contribution in [2.24, 2.45) is 15.9 Å². The summed E-state index contributed by atoms with van der Waals surface area (Å²) in [5.74, 6) is 2.40. The van der Waals surface area contributed by atoms with Gasteiger partial charge in [-0.1, -0.05) is 55.4 Å². The molecule has 0 amide bonds. The predicted molar refractivity (Wildman–Crippen MR) is 133 cm³/mol. The molecule has 0 bridgehead atoms. The van der Waals surface area contributed by atoms with Crippen LogP contribution in [0.4, 0.5) is 0 Å². The third kappa shape index (κ3) is 5.41. The Kier molecular flexibility index (Phi) is 8.12. The Morgan fingerprint density at radius 3 is 2.44 bits per heavy atom. The Morgan fingerprint density at radius 1 is 1.06 bits per heavy atom. The molecule has 2 aromatic rings. The van der Waals surface area contributed by atoms with Crippen LogP contribution in [0.15, 0.2) is 62.2 Å². The van der Waals surface area contributed by atoms with Gasteiger partial charge in [0.25, 0.3) is 0 Å². The quantitative estimate of drug-likeness (QED) is 0.471. The number of benzene rings is 2. The SMILES string of the molecule is COC1=N[C@@](C)(CCc2ccc(Sc3ccccc3OC)cc2Cl)C(OC)=N[C@@H]1C(C)C. The Balaban J connectivity index is 1.76. The summed E-state index contributed by atoms with van der Waals surface area (Å²) in [4.78, 5) is 11.8. The zero-order chi connectivity index (χ0) is 23.3. The molecule has 7 heteroatoms. The van der Waals surface area contributed by atoms with E-state index in [0.717, 1.165) is 32.5 Å². The van der Waals surface area contributed by atoms with Gasteiger partial charge in [0.1, 0.15) is 17.3 Å². The van der Waals surface area contributed by atoms with Gasteiger partial charge in [-0.05, 0) is 55.5 Å². The summed E-state index contributed by atoms with van der Waals surface area (Å²) in [5.41, 5.74) is 0.465. The average molecular weight is 475 g/mol. The average Bonchev–Trinajstić information content (AvgIpc) is 2.78. The maximum absolute atomic E-state index is 6.66. The lowest BCUT2D eigenvalue weighted by Crippen LogP contribution is -2.45. The van der Waals surface area contributed by atoms with Crippen LogP contribution < -0.4 is 4.74 Å². The van der Waals surface area contributed by atoms with Gasteiger partial charge in [-0.2, -0.15) is 0 Å². The maximum Gasteiger partial charge on any atom is 0.212 e. The molecule has 172 valence electrons. The van der Waals surface area contributed by atoms with Crippen LogP contribution in [-0.4, -0.2) is 44.7 Å². The zero-order valence-corrected chi connectivity index (χ0v) is 21.1. The third-order valence-corrected chi connectivity index (χ3v) is 6.96. The van der Waals surface area contributed by atoms with Gasteiger partial charge in [0.2, 0.25) is 11.8 Å². The standard InChI is InChI=1S/C25H31ClN2O3S/c1-16(2)22-23(30-5)28-25(3,24(27-22)31-6)14-13-17-11-12-18(15-19(17)26)32-21-10-8-7-9-20(21)29-4/h7-12,15-16,22H,13-14H2,1-6H3/t22-,25+/m1/s1. The number of nitrogens with zero attached hydrogens (tertiary/aromatic N) is 2.